The summed E-state index contributed by atoms with van der Waals surface area (Å²) < 4.78 is 4.55. The molecular formula is C22H30N4OS. The molecule has 6 heteroatoms. The van der Waals surface area contributed by atoms with Crippen molar-refractivity contribution in [2.45, 2.75) is 57.9 Å². The average Bonchev–Trinajstić information content (AvgIpc) is 3.39. The fourth-order valence-corrected chi connectivity index (χ4v) is 5.22. The number of anilines is 1. The topological polar surface area (TPSA) is 49.3 Å². The highest BCUT2D eigenvalue weighted by Gasteiger charge is 2.29. The molecule has 1 saturated heterocycles. The van der Waals surface area contributed by atoms with Crippen molar-refractivity contribution < 1.29 is 4.79 Å². The van der Waals surface area contributed by atoms with E-state index in [1.54, 1.807) is 0 Å². The zero-order chi connectivity index (χ0) is 19.3. The number of aromatic nitrogens is 2. The molecule has 2 fully saturated rings. The van der Waals surface area contributed by atoms with Gasteiger partial charge in [0, 0.05) is 50.1 Å². The van der Waals surface area contributed by atoms with Crippen molar-refractivity contribution in [3.05, 3.63) is 41.7 Å². The second kappa shape index (κ2) is 9.03. The Hall–Kier alpha value is -1.95. The molecule has 150 valence electrons. The summed E-state index contributed by atoms with van der Waals surface area (Å²) in [4.78, 5) is 21.8. The second-order valence-electron chi connectivity index (χ2n) is 8.23. The summed E-state index contributed by atoms with van der Waals surface area (Å²) in [5.74, 6) is 2.00. The number of amides is 1. The van der Waals surface area contributed by atoms with Crippen LogP contribution < -0.4 is 4.90 Å². The molecule has 1 aromatic heterocycles. The maximum absolute atomic E-state index is 12.7. The summed E-state index contributed by atoms with van der Waals surface area (Å²) in [6.07, 6.45) is 7.90. The molecule has 0 N–H and O–H groups in total. The molecule has 0 unspecified atom stereocenters. The van der Waals surface area contributed by atoms with Crippen molar-refractivity contribution in [2.24, 2.45) is 5.92 Å². The summed E-state index contributed by atoms with van der Waals surface area (Å²) >= 11 is 1.48. The Morgan fingerprint density at radius 2 is 1.96 bits per heavy atom. The molecule has 1 aliphatic carbocycles. The van der Waals surface area contributed by atoms with E-state index in [4.69, 9.17) is 4.98 Å². The minimum absolute atomic E-state index is 0.228. The Bertz CT molecular complexity index is 772. The van der Waals surface area contributed by atoms with Gasteiger partial charge in [-0.1, -0.05) is 56.0 Å². The molecule has 1 amide bonds. The number of carbonyl (C=O) groups excluding carboxylic acids is 1. The monoisotopic (exact) mass is 398 g/mol. The Labute approximate surface area is 171 Å². The largest absolute Gasteiger partial charge is 0.343 e. The summed E-state index contributed by atoms with van der Waals surface area (Å²) in [7, 11) is 0. The summed E-state index contributed by atoms with van der Waals surface area (Å²) in [5.41, 5.74) is 1.23. The SMILES string of the molecule is C[C@H]1CN(c2nc(Cc3ccccc3)ns2)CCN1C(=O)CCC1CCCC1. The third-order valence-electron chi connectivity index (χ3n) is 6.12. The van der Waals surface area contributed by atoms with E-state index in [1.807, 2.05) is 18.2 Å². The molecule has 28 heavy (non-hydrogen) atoms. The van der Waals surface area contributed by atoms with E-state index in [-0.39, 0.29) is 6.04 Å². The molecule has 0 radical (unpaired) electrons. The minimum atomic E-state index is 0.228. The van der Waals surface area contributed by atoms with Gasteiger partial charge in [0.2, 0.25) is 11.0 Å². The van der Waals surface area contributed by atoms with Gasteiger partial charge in [0.15, 0.2) is 0 Å². The van der Waals surface area contributed by atoms with Crippen molar-refractivity contribution in [1.82, 2.24) is 14.3 Å². The molecule has 5 nitrogen and oxygen atoms in total. The molecule has 2 aliphatic rings. The van der Waals surface area contributed by atoms with Crippen molar-refractivity contribution in [1.29, 1.82) is 0 Å². The Morgan fingerprint density at radius 3 is 2.71 bits per heavy atom. The lowest BCUT2D eigenvalue weighted by Crippen LogP contribution is -2.54. The van der Waals surface area contributed by atoms with Crippen molar-refractivity contribution in [3.8, 4) is 0 Å². The van der Waals surface area contributed by atoms with Crippen LogP contribution >= 0.6 is 11.5 Å². The average molecular weight is 399 g/mol. The Morgan fingerprint density at radius 1 is 1.18 bits per heavy atom. The first kappa shape index (κ1) is 19.4. The van der Waals surface area contributed by atoms with Crippen LogP contribution in [0.4, 0.5) is 5.13 Å². The number of rotatable bonds is 6. The number of hydrogen-bond acceptors (Lipinski definition) is 5. The Kier molecular flexibility index (Phi) is 6.25. The second-order valence-corrected chi connectivity index (χ2v) is 8.96. The van der Waals surface area contributed by atoms with Crippen LogP contribution in [0.1, 0.15) is 56.8 Å². The zero-order valence-electron chi connectivity index (χ0n) is 16.7. The van der Waals surface area contributed by atoms with E-state index in [1.165, 1.54) is 42.8 Å². The summed E-state index contributed by atoms with van der Waals surface area (Å²) in [6.45, 7) is 4.64. The van der Waals surface area contributed by atoms with Gasteiger partial charge in [-0.05, 0) is 24.8 Å². The van der Waals surface area contributed by atoms with Crippen LogP contribution in [0.25, 0.3) is 0 Å². The van der Waals surface area contributed by atoms with Gasteiger partial charge < -0.3 is 9.80 Å². The molecule has 1 aliphatic heterocycles. The normalized spacial score (nSPS) is 20.7. The van der Waals surface area contributed by atoms with E-state index < -0.39 is 0 Å². The fraction of sp³-hybridized carbons (Fsp3) is 0.591. The third-order valence-corrected chi connectivity index (χ3v) is 6.94. The number of hydrogen-bond donors (Lipinski definition) is 0. The van der Waals surface area contributed by atoms with Crippen molar-refractivity contribution in [2.75, 3.05) is 24.5 Å². The maximum Gasteiger partial charge on any atom is 0.222 e. The van der Waals surface area contributed by atoms with Crippen molar-refractivity contribution in [3.63, 3.8) is 0 Å². The van der Waals surface area contributed by atoms with Gasteiger partial charge in [-0.2, -0.15) is 4.37 Å². The van der Waals surface area contributed by atoms with Crippen molar-refractivity contribution >= 4 is 22.6 Å². The van der Waals surface area contributed by atoms with Crippen LogP contribution in [0.15, 0.2) is 30.3 Å². The quantitative estimate of drug-likeness (QED) is 0.734. The van der Waals surface area contributed by atoms with Gasteiger partial charge in [0.05, 0.1) is 0 Å². The highest BCUT2D eigenvalue weighted by Crippen LogP contribution is 2.29. The first-order valence-electron chi connectivity index (χ1n) is 10.6. The molecule has 0 spiro atoms. The van der Waals surface area contributed by atoms with Crippen LogP contribution in [0.5, 0.6) is 0 Å². The Balaban J connectivity index is 1.29. The van der Waals surface area contributed by atoms with Gasteiger partial charge >= 0.3 is 0 Å². The lowest BCUT2D eigenvalue weighted by Gasteiger charge is -2.39. The number of piperazine rings is 1. The van der Waals surface area contributed by atoms with Gasteiger partial charge in [-0.3, -0.25) is 4.79 Å². The predicted molar refractivity (Wildman–Crippen MR) is 114 cm³/mol. The van der Waals surface area contributed by atoms with E-state index in [2.05, 4.69) is 33.2 Å². The number of nitrogens with zero attached hydrogens (tertiary/aromatic N) is 4. The van der Waals surface area contributed by atoms with Crippen LogP contribution in [0.2, 0.25) is 0 Å². The lowest BCUT2D eigenvalue weighted by molar-refractivity contribution is -0.133. The van der Waals surface area contributed by atoms with Gasteiger partial charge in [0.1, 0.15) is 5.82 Å². The van der Waals surface area contributed by atoms with Crippen LogP contribution in [0, 0.1) is 5.92 Å². The summed E-state index contributed by atoms with van der Waals surface area (Å²) in [5, 5.41) is 0.982. The highest BCUT2D eigenvalue weighted by atomic mass is 32.1. The molecule has 2 heterocycles. The molecule has 0 bridgehead atoms. The number of carbonyl (C=O) groups is 1. The highest BCUT2D eigenvalue weighted by molar-refractivity contribution is 7.09. The summed E-state index contributed by atoms with van der Waals surface area (Å²) in [6, 6.07) is 10.6. The molecular weight excluding hydrogens is 368 g/mol. The van der Waals surface area contributed by atoms with E-state index >= 15 is 0 Å². The maximum atomic E-state index is 12.7. The van der Waals surface area contributed by atoms with Crippen LogP contribution in [-0.4, -0.2) is 45.8 Å². The van der Waals surface area contributed by atoms with Gasteiger partial charge in [0.25, 0.3) is 0 Å². The fourth-order valence-electron chi connectivity index (χ4n) is 4.50. The first-order valence-corrected chi connectivity index (χ1v) is 11.4. The smallest absolute Gasteiger partial charge is 0.222 e. The molecule has 2 aromatic rings. The first-order chi connectivity index (χ1) is 13.7. The molecule has 1 saturated carbocycles. The number of benzene rings is 1. The predicted octanol–water partition coefficient (Wildman–Crippen LogP) is 4.14. The van der Waals surface area contributed by atoms with E-state index in [9.17, 15) is 4.79 Å². The van der Waals surface area contributed by atoms with E-state index in [0.29, 0.717) is 5.91 Å². The standard InChI is InChI=1S/C22H30N4OS/c1-17-16-25(13-14-26(17)21(27)12-11-18-7-5-6-8-18)22-23-20(24-28-22)15-19-9-3-2-4-10-19/h2-4,9-10,17-18H,5-8,11-16H2,1H3/t17-/m0/s1. The van der Waals surface area contributed by atoms with Crippen LogP contribution in [0.3, 0.4) is 0 Å². The third kappa shape index (κ3) is 4.72. The van der Waals surface area contributed by atoms with E-state index in [0.717, 1.165) is 55.8 Å². The van der Waals surface area contributed by atoms with Crippen LogP contribution in [-0.2, 0) is 11.2 Å². The zero-order valence-corrected chi connectivity index (χ0v) is 17.5. The molecule has 4 rings (SSSR count). The van der Waals surface area contributed by atoms with Gasteiger partial charge in [-0.15, -0.1) is 0 Å². The molecule has 1 aromatic carbocycles. The minimum Gasteiger partial charge on any atom is -0.343 e. The molecule has 1 atom stereocenters. The lowest BCUT2D eigenvalue weighted by atomic mass is 10.0. The van der Waals surface area contributed by atoms with Gasteiger partial charge in [-0.25, -0.2) is 4.98 Å².